The van der Waals surface area contributed by atoms with Crippen molar-refractivity contribution in [1.82, 2.24) is 25.7 Å². The molecule has 0 bridgehead atoms. The lowest BCUT2D eigenvalue weighted by Gasteiger charge is -2.29. The van der Waals surface area contributed by atoms with E-state index in [2.05, 4.69) is 20.8 Å². The van der Waals surface area contributed by atoms with Gasteiger partial charge in [0.05, 0.1) is 30.8 Å². The number of aromatic nitrogens is 2. The van der Waals surface area contributed by atoms with Gasteiger partial charge in [0.1, 0.15) is 6.04 Å². The maximum absolute atomic E-state index is 13.3. The average molecular weight is 550 g/mol. The quantitative estimate of drug-likeness (QED) is 0.418. The Balaban J connectivity index is 1.78. The van der Waals surface area contributed by atoms with Crippen molar-refractivity contribution in [3.05, 3.63) is 47.6 Å². The summed E-state index contributed by atoms with van der Waals surface area (Å²) in [7, 11) is -3.83. The van der Waals surface area contributed by atoms with Crippen molar-refractivity contribution < 1.29 is 32.1 Å². The van der Waals surface area contributed by atoms with Crippen molar-refractivity contribution in [2.75, 3.05) is 32.1 Å². The van der Waals surface area contributed by atoms with E-state index < -0.39 is 50.8 Å². The van der Waals surface area contributed by atoms with E-state index in [1.54, 1.807) is 37.3 Å². The van der Waals surface area contributed by atoms with Gasteiger partial charge in [-0.3, -0.25) is 9.59 Å². The molecule has 12 nitrogen and oxygen atoms in total. The van der Waals surface area contributed by atoms with E-state index in [0.717, 1.165) is 0 Å². The van der Waals surface area contributed by atoms with E-state index >= 15 is 0 Å². The molecule has 38 heavy (non-hydrogen) atoms. The van der Waals surface area contributed by atoms with Crippen LogP contribution in [0.3, 0.4) is 0 Å². The summed E-state index contributed by atoms with van der Waals surface area (Å²) in [5, 5.41) is 8.86. The van der Waals surface area contributed by atoms with E-state index in [4.69, 9.17) is 9.26 Å². The highest BCUT2D eigenvalue weighted by Gasteiger charge is 2.33. The Morgan fingerprint density at radius 3 is 2.29 bits per heavy atom. The number of rotatable bonds is 10. The van der Waals surface area contributed by atoms with E-state index in [0.29, 0.717) is 31.9 Å². The first-order valence-corrected chi connectivity index (χ1v) is 14.3. The van der Waals surface area contributed by atoms with Crippen LogP contribution < -0.4 is 10.6 Å². The number of ketones is 1. The number of sulfone groups is 1. The highest BCUT2D eigenvalue weighted by atomic mass is 32.2. The summed E-state index contributed by atoms with van der Waals surface area (Å²) in [6.45, 7) is 8.53. The molecule has 13 heteroatoms. The lowest BCUT2D eigenvalue weighted by Crippen LogP contribution is -2.57. The summed E-state index contributed by atoms with van der Waals surface area (Å²) in [5.41, 5.74) is 0.0814. The molecule has 2 atom stereocenters. The Morgan fingerprint density at radius 1 is 1.05 bits per heavy atom. The maximum Gasteiger partial charge on any atom is 0.318 e. The topological polar surface area (TPSA) is 161 Å². The van der Waals surface area contributed by atoms with Crippen LogP contribution in [0.15, 0.2) is 34.9 Å². The Labute approximate surface area is 222 Å². The van der Waals surface area contributed by atoms with Crippen molar-refractivity contribution in [2.45, 2.75) is 57.4 Å². The molecule has 0 spiro atoms. The molecule has 2 N–H and O–H groups in total. The van der Waals surface area contributed by atoms with Gasteiger partial charge in [-0.05, 0) is 12.0 Å². The predicted molar refractivity (Wildman–Crippen MR) is 138 cm³/mol. The summed E-state index contributed by atoms with van der Waals surface area (Å²) in [6, 6.07) is 5.47. The summed E-state index contributed by atoms with van der Waals surface area (Å²) in [6.07, 6.45) is 0.185. The van der Waals surface area contributed by atoms with Gasteiger partial charge in [-0.2, -0.15) is 4.98 Å². The average Bonchev–Trinajstić information content (AvgIpc) is 3.38. The second kappa shape index (κ2) is 12.5. The Kier molecular flexibility index (Phi) is 9.60. The first-order chi connectivity index (χ1) is 17.9. The second-order valence-corrected chi connectivity index (χ2v) is 12.3. The van der Waals surface area contributed by atoms with Crippen LogP contribution in [0.4, 0.5) is 4.79 Å². The highest BCUT2D eigenvalue weighted by molar-refractivity contribution is 7.90. The normalized spacial score (nSPS) is 15.9. The van der Waals surface area contributed by atoms with Gasteiger partial charge in [-0.1, -0.05) is 63.2 Å². The minimum absolute atomic E-state index is 0.185. The SMILES string of the molecule is CC[C@H](NC(=O)C(CS(=O)(=O)Cc1ccccc1)NC(=O)N1CCOCC1)C(=O)c1noc(C(C)(C)C)n1. The third kappa shape index (κ3) is 8.09. The molecule has 1 aliphatic rings. The number of morpholine rings is 1. The smallest absolute Gasteiger partial charge is 0.318 e. The number of nitrogens with zero attached hydrogens (tertiary/aromatic N) is 3. The second-order valence-electron chi connectivity index (χ2n) is 10.1. The van der Waals surface area contributed by atoms with E-state index in [1.807, 2.05) is 20.8 Å². The lowest BCUT2D eigenvalue weighted by atomic mass is 9.97. The number of hydrogen-bond acceptors (Lipinski definition) is 9. The number of amides is 3. The van der Waals surface area contributed by atoms with Crippen molar-refractivity contribution in [3.63, 3.8) is 0 Å². The van der Waals surface area contributed by atoms with E-state index in [-0.39, 0.29) is 23.9 Å². The van der Waals surface area contributed by atoms with Gasteiger partial charge >= 0.3 is 6.03 Å². The summed E-state index contributed by atoms with van der Waals surface area (Å²) < 4.78 is 36.5. The van der Waals surface area contributed by atoms with Crippen molar-refractivity contribution in [3.8, 4) is 0 Å². The number of Topliss-reactive ketones (excluding diaryl/α,β-unsaturated/α-hetero) is 1. The number of ether oxygens (including phenoxy) is 1. The lowest BCUT2D eigenvalue weighted by molar-refractivity contribution is -0.123. The van der Waals surface area contributed by atoms with Crippen LogP contribution in [0.25, 0.3) is 0 Å². The molecule has 0 saturated carbocycles. The van der Waals surface area contributed by atoms with Crippen molar-refractivity contribution in [1.29, 1.82) is 0 Å². The molecule has 3 rings (SSSR count). The zero-order chi connectivity index (χ0) is 27.9. The third-order valence-corrected chi connectivity index (χ3v) is 7.51. The van der Waals surface area contributed by atoms with Crippen LogP contribution in [0.2, 0.25) is 0 Å². The van der Waals surface area contributed by atoms with Crippen LogP contribution in [-0.4, -0.2) is 85.3 Å². The van der Waals surface area contributed by atoms with Crippen molar-refractivity contribution in [2.24, 2.45) is 0 Å². The van der Waals surface area contributed by atoms with Gasteiger partial charge in [0, 0.05) is 18.5 Å². The summed E-state index contributed by atoms with van der Waals surface area (Å²) >= 11 is 0. The molecule has 0 radical (unpaired) electrons. The maximum atomic E-state index is 13.3. The molecule has 2 aromatic rings. The molecule has 208 valence electrons. The summed E-state index contributed by atoms with van der Waals surface area (Å²) in [5.74, 6) is -2.25. The molecule has 2 heterocycles. The molecule has 1 aromatic carbocycles. The number of hydrogen-bond donors (Lipinski definition) is 2. The van der Waals surface area contributed by atoms with Gasteiger partial charge in [-0.25, -0.2) is 13.2 Å². The number of carbonyl (C=O) groups is 3. The fourth-order valence-corrected chi connectivity index (χ4v) is 5.30. The number of carbonyl (C=O) groups excluding carboxylic acids is 3. The summed E-state index contributed by atoms with van der Waals surface area (Å²) in [4.78, 5) is 44.8. The van der Waals surface area contributed by atoms with Gasteiger partial charge in [0.25, 0.3) is 0 Å². The molecule has 1 aliphatic heterocycles. The largest absolute Gasteiger partial charge is 0.378 e. The highest BCUT2D eigenvalue weighted by Crippen LogP contribution is 2.20. The first-order valence-electron chi connectivity index (χ1n) is 12.5. The standard InChI is InChI=1S/C25H35N5O7S/c1-5-18(20(31)21-28-23(37-29-21)25(2,3)4)26-22(32)19(27-24(33)30-11-13-36-14-12-30)16-38(34,35)15-17-9-7-6-8-10-17/h6-10,18-19H,5,11-16H2,1-4H3,(H,26,32)(H,27,33)/t18-,19?/m0/s1. The van der Waals surface area contributed by atoms with Gasteiger partial charge in [-0.15, -0.1) is 0 Å². The molecule has 1 fully saturated rings. The molecular formula is C25H35N5O7S. The van der Waals surface area contributed by atoms with Crippen molar-refractivity contribution >= 4 is 27.6 Å². The Bertz CT molecular complexity index is 1220. The fourth-order valence-electron chi connectivity index (χ4n) is 3.74. The van der Waals surface area contributed by atoms with E-state index in [1.165, 1.54) is 4.90 Å². The van der Waals surface area contributed by atoms with Crippen LogP contribution in [0, 0.1) is 0 Å². The molecule has 1 unspecified atom stereocenters. The Hall–Kier alpha value is -3.32. The Morgan fingerprint density at radius 2 is 1.71 bits per heavy atom. The minimum Gasteiger partial charge on any atom is -0.378 e. The monoisotopic (exact) mass is 549 g/mol. The molecule has 1 saturated heterocycles. The van der Waals surface area contributed by atoms with Crippen LogP contribution in [0.5, 0.6) is 0 Å². The molecule has 1 aromatic heterocycles. The minimum atomic E-state index is -3.83. The number of urea groups is 1. The molecular weight excluding hydrogens is 514 g/mol. The predicted octanol–water partition coefficient (Wildman–Crippen LogP) is 1.47. The first kappa shape index (κ1) is 29.2. The van der Waals surface area contributed by atoms with E-state index in [9.17, 15) is 22.8 Å². The third-order valence-electron chi connectivity index (χ3n) is 5.89. The van der Waals surface area contributed by atoms with Crippen LogP contribution in [0.1, 0.15) is 56.2 Å². The number of benzene rings is 1. The number of nitrogens with one attached hydrogen (secondary N) is 2. The van der Waals surface area contributed by atoms with Crippen LogP contribution in [-0.2, 0) is 30.5 Å². The van der Waals surface area contributed by atoms with Gasteiger partial charge < -0.3 is 24.8 Å². The van der Waals surface area contributed by atoms with Gasteiger partial charge in [0.15, 0.2) is 9.84 Å². The fraction of sp³-hybridized carbons (Fsp3) is 0.560. The zero-order valence-electron chi connectivity index (χ0n) is 22.1. The molecule has 0 aliphatic carbocycles. The zero-order valence-corrected chi connectivity index (χ0v) is 22.9. The van der Waals surface area contributed by atoms with Crippen LogP contribution >= 0.6 is 0 Å². The van der Waals surface area contributed by atoms with Gasteiger partial charge in [0.2, 0.25) is 23.4 Å². The molecule has 3 amide bonds.